The van der Waals surface area contributed by atoms with Crippen molar-refractivity contribution in [2.24, 2.45) is 0 Å². The molecule has 0 aliphatic carbocycles. The molecule has 1 atom stereocenters. The van der Waals surface area contributed by atoms with E-state index in [0.29, 0.717) is 17.8 Å². The van der Waals surface area contributed by atoms with E-state index in [1.54, 1.807) is 18.3 Å². The fraction of sp³-hybridized carbons (Fsp3) is 0.333. The number of pyridine rings is 1. The molecule has 0 bridgehead atoms. The quantitative estimate of drug-likeness (QED) is 0.906. The highest BCUT2D eigenvalue weighted by atomic mass is 32.2. The summed E-state index contributed by atoms with van der Waals surface area (Å²) in [6.07, 6.45) is 2.15. The van der Waals surface area contributed by atoms with E-state index < -0.39 is 9.84 Å². The predicted octanol–water partition coefficient (Wildman–Crippen LogP) is 2.27. The number of hydrogen-bond acceptors (Lipinski definition) is 5. The van der Waals surface area contributed by atoms with Crippen LogP contribution in [0, 0.1) is 6.92 Å². The lowest BCUT2D eigenvalue weighted by atomic mass is 10.2. The first kappa shape index (κ1) is 17.4. The van der Waals surface area contributed by atoms with Crippen LogP contribution in [0.25, 0.3) is 0 Å². The minimum absolute atomic E-state index is 0.104. The molecule has 1 fully saturated rings. The van der Waals surface area contributed by atoms with Crippen LogP contribution in [0.4, 0.5) is 11.5 Å². The lowest BCUT2D eigenvalue weighted by molar-refractivity contribution is 0.102. The first-order valence-electron chi connectivity index (χ1n) is 8.11. The third-order valence-corrected chi connectivity index (χ3v) is 6.15. The Morgan fingerprint density at radius 2 is 2.08 bits per heavy atom. The summed E-state index contributed by atoms with van der Waals surface area (Å²) in [6.45, 7) is 1.96. The van der Waals surface area contributed by atoms with E-state index in [1.165, 1.54) is 0 Å². The van der Waals surface area contributed by atoms with Crippen molar-refractivity contribution in [3.8, 4) is 0 Å². The molecule has 1 amide bonds. The smallest absolute Gasteiger partial charge is 0.255 e. The van der Waals surface area contributed by atoms with Crippen LogP contribution in [-0.4, -0.2) is 43.9 Å². The molecule has 1 aromatic heterocycles. The molecule has 2 aromatic rings. The van der Waals surface area contributed by atoms with Crippen molar-refractivity contribution in [2.45, 2.75) is 19.4 Å². The Bertz CT molecular complexity index is 896. The molecule has 7 heteroatoms. The van der Waals surface area contributed by atoms with Gasteiger partial charge in [0.05, 0.1) is 11.5 Å². The zero-order valence-corrected chi connectivity index (χ0v) is 15.1. The van der Waals surface area contributed by atoms with Gasteiger partial charge in [-0.15, -0.1) is 0 Å². The summed E-state index contributed by atoms with van der Waals surface area (Å²) in [5, 5.41) is 2.87. The fourth-order valence-electron chi connectivity index (χ4n) is 2.95. The van der Waals surface area contributed by atoms with Crippen LogP contribution in [0.3, 0.4) is 0 Å². The molecule has 25 heavy (non-hydrogen) atoms. The average molecular weight is 359 g/mol. The van der Waals surface area contributed by atoms with Crippen LogP contribution in [0.2, 0.25) is 0 Å². The second kappa shape index (κ2) is 6.84. The van der Waals surface area contributed by atoms with Gasteiger partial charge in [0.1, 0.15) is 5.82 Å². The van der Waals surface area contributed by atoms with E-state index in [2.05, 4.69) is 10.3 Å². The van der Waals surface area contributed by atoms with Crippen molar-refractivity contribution in [1.82, 2.24) is 4.98 Å². The Labute approximate surface area is 147 Å². The zero-order valence-electron chi connectivity index (χ0n) is 14.3. The predicted molar refractivity (Wildman–Crippen MR) is 98.8 cm³/mol. The van der Waals surface area contributed by atoms with Gasteiger partial charge in [-0.3, -0.25) is 4.79 Å². The molecule has 1 aromatic carbocycles. The highest BCUT2D eigenvalue weighted by Gasteiger charge is 2.31. The van der Waals surface area contributed by atoms with Gasteiger partial charge in [-0.25, -0.2) is 13.4 Å². The molecule has 0 spiro atoms. The summed E-state index contributed by atoms with van der Waals surface area (Å²) in [5.74, 6) is 0.709. The maximum atomic E-state index is 12.5. The Hall–Kier alpha value is -2.41. The van der Waals surface area contributed by atoms with Crippen LogP contribution in [0.15, 0.2) is 42.6 Å². The number of amides is 1. The van der Waals surface area contributed by atoms with Gasteiger partial charge in [-0.2, -0.15) is 0 Å². The maximum Gasteiger partial charge on any atom is 0.255 e. The van der Waals surface area contributed by atoms with Gasteiger partial charge in [0.25, 0.3) is 5.91 Å². The molecule has 0 saturated carbocycles. The van der Waals surface area contributed by atoms with E-state index in [-0.39, 0.29) is 23.5 Å². The van der Waals surface area contributed by atoms with E-state index in [9.17, 15) is 13.2 Å². The molecular weight excluding hydrogens is 338 g/mol. The first-order chi connectivity index (χ1) is 11.8. The lowest BCUT2D eigenvalue weighted by Crippen LogP contribution is -2.33. The van der Waals surface area contributed by atoms with Crippen molar-refractivity contribution in [1.29, 1.82) is 0 Å². The number of rotatable bonds is 4. The number of carbonyl (C=O) groups is 1. The van der Waals surface area contributed by atoms with Crippen molar-refractivity contribution < 1.29 is 13.2 Å². The molecule has 2 heterocycles. The van der Waals surface area contributed by atoms with Crippen LogP contribution >= 0.6 is 0 Å². The van der Waals surface area contributed by atoms with E-state index in [4.69, 9.17) is 0 Å². The minimum atomic E-state index is -2.97. The summed E-state index contributed by atoms with van der Waals surface area (Å²) >= 11 is 0. The summed E-state index contributed by atoms with van der Waals surface area (Å²) < 4.78 is 23.3. The Balaban J connectivity index is 1.76. The SMILES string of the molecule is Cc1cccc(NC(=O)c2ccnc(N(C)C3CCS(=O)(=O)C3)c2)c1. The summed E-state index contributed by atoms with van der Waals surface area (Å²) in [4.78, 5) is 18.6. The van der Waals surface area contributed by atoms with E-state index in [0.717, 1.165) is 11.3 Å². The van der Waals surface area contributed by atoms with Crippen molar-refractivity contribution >= 4 is 27.2 Å². The van der Waals surface area contributed by atoms with Crippen LogP contribution in [0.1, 0.15) is 22.3 Å². The number of nitrogens with zero attached hydrogens (tertiary/aromatic N) is 2. The molecule has 1 aliphatic heterocycles. The molecule has 6 nitrogen and oxygen atoms in total. The molecule has 132 valence electrons. The van der Waals surface area contributed by atoms with Crippen LogP contribution in [-0.2, 0) is 9.84 Å². The molecular formula is C18H21N3O3S. The van der Waals surface area contributed by atoms with Gasteiger partial charge in [-0.05, 0) is 43.2 Å². The number of nitrogens with one attached hydrogen (secondary N) is 1. The molecule has 3 rings (SSSR count). The first-order valence-corrected chi connectivity index (χ1v) is 9.93. The Kier molecular flexibility index (Phi) is 4.76. The summed E-state index contributed by atoms with van der Waals surface area (Å²) in [5.41, 5.74) is 2.29. The van der Waals surface area contributed by atoms with Crippen molar-refractivity contribution in [3.63, 3.8) is 0 Å². The third-order valence-electron chi connectivity index (χ3n) is 4.40. The second-order valence-corrected chi connectivity index (χ2v) is 8.62. The van der Waals surface area contributed by atoms with Gasteiger partial charge in [-0.1, -0.05) is 12.1 Å². The van der Waals surface area contributed by atoms with Crippen molar-refractivity contribution in [2.75, 3.05) is 28.8 Å². The van der Waals surface area contributed by atoms with E-state index >= 15 is 0 Å². The van der Waals surface area contributed by atoms with Crippen LogP contribution < -0.4 is 10.2 Å². The Morgan fingerprint density at radius 1 is 1.28 bits per heavy atom. The number of sulfone groups is 1. The molecule has 1 saturated heterocycles. The van der Waals surface area contributed by atoms with Gasteiger partial charge in [0.2, 0.25) is 0 Å². The number of aryl methyl sites for hydroxylation is 1. The molecule has 1 unspecified atom stereocenters. The summed E-state index contributed by atoms with van der Waals surface area (Å²) in [6, 6.07) is 10.8. The number of anilines is 2. The number of aromatic nitrogens is 1. The monoisotopic (exact) mass is 359 g/mol. The van der Waals surface area contributed by atoms with Gasteiger partial charge in [0, 0.05) is 30.5 Å². The fourth-order valence-corrected chi connectivity index (χ4v) is 4.72. The van der Waals surface area contributed by atoms with E-state index in [1.807, 2.05) is 43.1 Å². The zero-order chi connectivity index (χ0) is 18.0. The lowest BCUT2D eigenvalue weighted by Gasteiger charge is -2.24. The molecule has 1 aliphatic rings. The standard InChI is InChI=1S/C18H21N3O3S/c1-13-4-3-5-15(10-13)20-18(22)14-6-8-19-17(11-14)21(2)16-7-9-25(23,24)12-16/h3-6,8,10-11,16H,7,9,12H2,1-2H3,(H,20,22). The van der Waals surface area contributed by atoms with Gasteiger partial charge < -0.3 is 10.2 Å². The number of benzene rings is 1. The van der Waals surface area contributed by atoms with Crippen LogP contribution in [0.5, 0.6) is 0 Å². The largest absolute Gasteiger partial charge is 0.356 e. The minimum Gasteiger partial charge on any atom is -0.356 e. The molecule has 1 N–H and O–H groups in total. The maximum absolute atomic E-state index is 12.5. The highest BCUT2D eigenvalue weighted by molar-refractivity contribution is 7.91. The average Bonchev–Trinajstić information content (AvgIpc) is 2.94. The second-order valence-electron chi connectivity index (χ2n) is 6.39. The number of carbonyl (C=O) groups excluding carboxylic acids is 1. The Morgan fingerprint density at radius 3 is 2.76 bits per heavy atom. The topological polar surface area (TPSA) is 79.4 Å². The normalized spacial score (nSPS) is 18.7. The number of hydrogen-bond donors (Lipinski definition) is 1. The molecule has 0 radical (unpaired) electrons. The van der Waals surface area contributed by atoms with Gasteiger partial charge in [0.15, 0.2) is 9.84 Å². The third kappa shape index (κ3) is 4.17. The highest BCUT2D eigenvalue weighted by Crippen LogP contribution is 2.22. The summed E-state index contributed by atoms with van der Waals surface area (Å²) in [7, 11) is -1.15. The van der Waals surface area contributed by atoms with Gasteiger partial charge >= 0.3 is 0 Å². The van der Waals surface area contributed by atoms with Crippen molar-refractivity contribution in [3.05, 3.63) is 53.7 Å².